The number of hydrogen-bond donors (Lipinski definition) is 0. The lowest BCUT2D eigenvalue weighted by Gasteiger charge is -2.34. The normalized spacial score (nSPS) is 13.1. The lowest BCUT2D eigenvalue weighted by molar-refractivity contribution is 0.668. The van der Waals surface area contributed by atoms with Gasteiger partial charge in [-0.05, 0) is 69.1 Å². The molecule has 0 aliphatic heterocycles. The van der Waals surface area contributed by atoms with Gasteiger partial charge in [0.25, 0.3) is 0 Å². The van der Waals surface area contributed by atoms with Gasteiger partial charge < -0.3 is 9.32 Å². The van der Waals surface area contributed by atoms with Gasteiger partial charge in [0.2, 0.25) is 0 Å². The molecular weight excluding hydrogens is 595 g/mol. The van der Waals surface area contributed by atoms with Crippen molar-refractivity contribution in [2.75, 3.05) is 4.90 Å². The number of benzene rings is 8. The van der Waals surface area contributed by atoms with Crippen LogP contribution in [0.15, 0.2) is 192 Å². The van der Waals surface area contributed by atoms with Crippen LogP contribution in [0, 0.1) is 0 Å². The van der Waals surface area contributed by atoms with E-state index in [-0.39, 0.29) is 0 Å². The summed E-state index contributed by atoms with van der Waals surface area (Å²) in [4.78, 5) is 2.35. The molecule has 1 heterocycles. The highest BCUT2D eigenvalue weighted by Gasteiger charge is 2.47. The van der Waals surface area contributed by atoms with Crippen LogP contribution in [0.25, 0.3) is 43.8 Å². The van der Waals surface area contributed by atoms with Crippen LogP contribution in [0.2, 0.25) is 0 Å². The molecule has 1 aliphatic rings. The molecule has 0 radical (unpaired) electrons. The van der Waals surface area contributed by atoms with Gasteiger partial charge in [-0.1, -0.05) is 158 Å². The van der Waals surface area contributed by atoms with Crippen LogP contribution in [-0.4, -0.2) is 0 Å². The van der Waals surface area contributed by atoms with E-state index in [9.17, 15) is 0 Å². The first kappa shape index (κ1) is 27.7. The van der Waals surface area contributed by atoms with E-state index in [2.05, 4.69) is 193 Å². The number of rotatable bonds is 5. The molecule has 0 amide bonds. The second-order valence-electron chi connectivity index (χ2n) is 12.8. The smallest absolute Gasteiger partial charge is 0.159 e. The molecule has 230 valence electrons. The van der Waals surface area contributed by atoms with Gasteiger partial charge in [0.1, 0.15) is 5.58 Å². The summed E-state index contributed by atoms with van der Waals surface area (Å²) in [5.74, 6) is 0. The summed E-state index contributed by atoms with van der Waals surface area (Å²) in [6.45, 7) is 0. The standard InChI is InChI=1S/C47H31NO/c1-3-18-33(19-4-1)47(39-26-11-9-23-36(39)37-24-10-12-27-40(37)47)41-28-15-31-44-45(41)38-25-14-30-43(46(38)49-44)48(34-20-5-2-6-21-34)42-29-13-17-32-16-7-8-22-35(32)42/h1-31H. The van der Waals surface area contributed by atoms with E-state index in [0.717, 1.165) is 39.0 Å². The van der Waals surface area contributed by atoms with Crippen molar-refractivity contribution in [2.24, 2.45) is 0 Å². The largest absolute Gasteiger partial charge is 0.454 e. The predicted octanol–water partition coefficient (Wildman–Crippen LogP) is 12.6. The Labute approximate surface area is 285 Å². The second kappa shape index (κ2) is 10.8. The Bertz CT molecular complexity index is 2620. The number of anilines is 3. The Balaban J connectivity index is 1.31. The van der Waals surface area contributed by atoms with Crippen LogP contribution in [-0.2, 0) is 5.41 Å². The number of para-hydroxylation sites is 2. The van der Waals surface area contributed by atoms with Crippen LogP contribution >= 0.6 is 0 Å². The fraction of sp³-hybridized carbons (Fsp3) is 0.0213. The quantitative estimate of drug-likeness (QED) is 0.189. The SMILES string of the molecule is c1ccc(N(c2cccc3ccccc23)c2cccc3c2oc2cccc(C4(c5ccccc5)c5ccccc5-c5ccccc54)c23)cc1. The van der Waals surface area contributed by atoms with Gasteiger partial charge >= 0.3 is 0 Å². The zero-order valence-electron chi connectivity index (χ0n) is 26.8. The van der Waals surface area contributed by atoms with Gasteiger partial charge in [0, 0.05) is 21.8 Å². The monoisotopic (exact) mass is 625 g/mol. The highest BCUT2D eigenvalue weighted by Crippen LogP contribution is 2.58. The molecule has 0 saturated carbocycles. The summed E-state index contributed by atoms with van der Waals surface area (Å²) >= 11 is 0. The minimum Gasteiger partial charge on any atom is -0.454 e. The molecule has 0 bridgehead atoms. The molecule has 1 aromatic heterocycles. The summed E-state index contributed by atoms with van der Waals surface area (Å²) in [6.07, 6.45) is 0. The van der Waals surface area contributed by atoms with Crippen LogP contribution in [0.3, 0.4) is 0 Å². The molecule has 8 aromatic carbocycles. The zero-order valence-corrected chi connectivity index (χ0v) is 26.8. The van der Waals surface area contributed by atoms with Gasteiger partial charge in [0.05, 0.1) is 16.8 Å². The first-order valence-corrected chi connectivity index (χ1v) is 16.9. The van der Waals surface area contributed by atoms with Gasteiger partial charge in [-0.25, -0.2) is 0 Å². The highest BCUT2D eigenvalue weighted by molar-refractivity contribution is 6.14. The van der Waals surface area contributed by atoms with Crippen molar-refractivity contribution in [3.63, 3.8) is 0 Å². The van der Waals surface area contributed by atoms with Gasteiger partial charge in [-0.15, -0.1) is 0 Å². The van der Waals surface area contributed by atoms with E-state index >= 15 is 0 Å². The second-order valence-corrected chi connectivity index (χ2v) is 12.8. The molecule has 2 nitrogen and oxygen atoms in total. The molecular formula is C47H31NO. The molecule has 0 unspecified atom stereocenters. The Hall–Kier alpha value is -6.38. The fourth-order valence-corrected chi connectivity index (χ4v) is 8.39. The van der Waals surface area contributed by atoms with Crippen molar-refractivity contribution < 1.29 is 4.42 Å². The average molecular weight is 626 g/mol. The summed E-state index contributed by atoms with van der Waals surface area (Å²) < 4.78 is 7.03. The maximum absolute atomic E-state index is 7.03. The summed E-state index contributed by atoms with van der Waals surface area (Å²) in [5.41, 5.74) is 12.0. The molecule has 2 heteroatoms. The highest BCUT2D eigenvalue weighted by atomic mass is 16.3. The first-order valence-electron chi connectivity index (χ1n) is 16.9. The summed E-state index contributed by atoms with van der Waals surface area (Å²) in [5, 5.41) is 4.62. The van der Waals surface area contributed by atoms with E-state index in [1.54, 1.807) is 0 Å². The van der Waals surface area contributed by atoms with Crippen molar-refractivity contribution in [1.82, 2.24) is 0 Å². The minimum absolute atomic E-state index is 0.532. The molecule has 49 heavy (non-hydrogen) atoms. The summed E-state index contributed by atoms with van der Waals surface area (Å²) in [7, 11) is 0. The Morgan fingerprint density at radius 2 is 0.959 bits per heavy atom. The molecule has 0 saturated heterocycles. The molecule has 9 aromatic rings. The third kappa shape index (κ3) is 3.95. The Kier molecular flexibility index (Phi) is 6.13. The molecule has 10 rings (SSSR count). The van der Waals surface area contributed by atoms with Gasteiger partial charge in [0.15, 0.2) is 5.58 Å². The van der Waals surface area contributed by atoms with E-state index in [1.165, 1.54) is 44.2 Å². The van der Waals surface area contributed by atoms with Gasteiger partial charge in [-0.2, -0.15) is 0 Å². The van der Waals surface area contributed by atoms with E-state index < -0.39 is 5.41 Å². The van der Waals surface area contributed by atoms with Crippen molar-refractivity contribution in [3.8, 4) is 11.1 Å². The fourth-order valence-electron chi connectivity index (χ4n) is 8.39. The Morgan fingerprint density at radius 1 is 0.408 bits per heavy atom. The van der Waals surface area contributed by atoms with Crippen molar-refractivity contribution >= 4 is 49.8 Å². The number of furan rings is 1. The average Bonchev–Trinajstić information content (AvgIpc) is 3.71. The van der Waals surface area contributed by atoms with E-state index in [1.807, 2.05) is 0 Å². The van der Waals surface area contributed by atoms with Crippen molar-refractivity contribution in [3.05, 3.63) is 210 Å². The number of nitrogens with zero attached hydrogens (tertiary/aromatic N) is 1. The van der Waals surface area contributed by atoms with Gasteiger partial charge in [-0.3, -0.25) is 0 Å². The van der Waals surface area contributed by atoms with Crippen LogP contribution in [0.1, 0.15) is 22.3 Å². The number of hydrogen-bond acceptors (Lipinski definition) is 2. The molecule has 0 N–H and O–H groups in total. The van der Waals surface area contributed by atoms with Crippen LogP contribution in [0.5, 0.6) is 0 Å². The molecule has 0 atom stereocenters. The predicted molar refractivity (Wildman–Crippen MR) is 203 cm³/mol. The molecule has 1 aliphatic carbocycles. The third-order valence-corrected chi connectivity index (χ3v) is 10.3. The topological polar surface area (TPSA) is 16.4 Å². The maximum Gasteiger partial charge on any atom is 0.159 e. The van der Waals surface area contributed by atoms with Crippen molar-refractivity contribution in [2.45, 2.75) is 5.41 Å². The van der Waals surface area contributed by atoms with Crippen LogP contribution in [0.4, 0.5) is 17.1 Å². The van der Waals surface area contributed by atoms with Crippen LogP contribution < -0.4 is 4.90 Å². The maximum atomic E-state index is 7.03. The molecule has 0 spiro atoms. The third-order valence-electron chi connectivity index (χ3n) is 10.3. The molecule has 0 fully saturated rings. The number of fused-ring (bicyclic) bond motifs is 7. The first-order chi connectivity index (χ1) is 24.3. The van der Waals surface area contributed by atoms with E-state index in [0.29, 0.717) is 0 Å². The summed E-state index contributed by atoms with van der Waals surface area (Å²) in [6, 6.07) is 67.7. The van der Waals surface area contributed by atoms with E-state index in [4.69, 9.17) is 4.42 Å². The van der Waals surface area contributed by atoms with Crippen molar-refractivity contribution in [1.29, 1.82) is 0 Å². The zero-order chi connectivity index (χ0) is 32.4. The minimum atomic E-state index is -0.532. The lowest BCUT2D eigenvalue weighted by Crippen LogP contribution is -2.28. The Morgan fingerprint density at radius 3 is 1.73 bits per heavy atom. The lowest BCUT2D eigenvalue weighted by atomic mass is 9.66.